The number of anilines is 1. The number of benzene rings is 2. The second-order valence-electron chi connectivity index (χ2n) is 5.34. The molecule has 0 atom stereocenters. The van der Waals surface area contributed by atoms with E-state index < -0.39 is 0 Å². The van der Waals surface area contributed by atoms with Gasteiger partial charge in [-0.15, -0.1) is 0 Å². The van der Waals surface area contributed by atoms with Crippen LogP contribution >= 0.6 is 0 Å². The molecule has 1 aromatic heterocycles. The Hall–Kier alpha value is -3.45. The molecule has 0 saturated heterocycles. The third-order valence-corrected chi connectivity index (χ3v) is 3.61. The maximum absolute atomic E-state index is 12.3. The number of hydrogen-bond acceptors (Lipinski definition) is 2. The second kappa shape index (κ2) is 7.21. The number of nitrogens with one attached hydrogen (secondary N) is 1. The highest BCUT2D eigenvalue weighted by molar-refractivity contribution is 5.91. The van der Waals surface area contributed by atoms with Gasteiger partial charge in [-0.25, -0.2) is 0 Å². The van der Waals surface area contributed by atoms with Gasteiger partial charge in [-0.05, 0) is 23.8 Å². The van der Waals surface area contributed by atoms with Gasteiger partial charge in [-0.2, -0.15) is 9.83 Å². The highest BCUT2D eigenvalue weighted by Gasteiger charge is 2.12. The van der Waals surface area contributed by atoms with E-state index in [0.29, 0.717) is 11.3 Å². The van der Waals surface area contributed by atoms with Gasteiger partial charge in [0.1, 0.15) is 6.07 Å². The number of hydrogen-bond donors (Lipinski definition) is 1. The number of rotatable bonds is 4. The molecule has 0 unspecified atom stereocenters. The zero-order valence-electron chi connectivity index (χ0n) is 13.0. The summed E-state index contributed by atoms with van der Waals surface area (Å²) in [5.41, 5.74) is 3.13. The first-order chi connectivity index (χ1) is 11.8. The van der Waals surface area contributed by atoms with Crippen LogP contribution in [0.15, 0.2) is 79.1 Å². The van der Waals surface area contributed by atoms with Gasteiger partial charge in [-0.3, -0.25) is 4.79 Å². The van der Waals surface area contributed by atoms with E-state index >= 15 is 0 Å². The highest BCUT2D eigenvalue weighted by atomic mass is 16.1. The number of carbonyl (C=O) groups excluding carboxylic acids is 1. The van der Waals surface area contributed by atoms with Gasteiger partial charge < -0.3 is 5.32 Å². The van der Waals surface area contributed by atoms with Crippen molar-refractivity contribution in [2.45, 2.75) is 6.54 Å². The van der Waals surface area contributed by atoms with E-state index in [9.17, 15) is 4.79 Å². The van der Waals surface area contributed by atoms with E-state index in [1.165, 1.54) is 0 Å². The van der Waals surface area contributed by atoms with Crippen LogP contribution < -0.4 is 9.88 Å². The van der Waals surface area contributed by atoms with Crippen LogP contribution in [0.3, 0.4) is 0 Å². The summed E-state index contributed by atoms with van der Waals surface area (Å²) >= 11 is 0. The van der Waals surface area contributed by atoms with Gasteiger partial charge in [0.2, 0.25) is 6.54 Å². The lowest BCUT2D eigenvalue weighted by molar-refractivity contribution is -0.683. The summed E-state index contributed by atoms with van der Waals surface area (Å²) in [7, 11) is 0. The number of para-hydroxylation sites is 1. The van der Waals surface area contributed by atoms with Crippen molar-refractivity contribution in [1.29, 1.82) is 5.26 Å². The Morgan fingerprint density at radius 3 is 2.46 bits per heavy atom. The Morgan fingerprint density at radius 2 is 1.67 bits per heavy atom. The molecule has 24 heavy (non-hydrogen) atoms. The molecular weight excluding hydrogens is 298 g/mol. The summed E-state index contributed by atoms with van der Waals surface area (Å²) in [4.78, 5) is 12.3. The molecule has 0 spiro atoms. The molecule has 0 aliphatic rings. The van der Waals surface area contributed by atoms with Crippen molar-refractivity contribution in [3.8, 4) is 17.2 Å². The minimum Gasteiger partial charge on any atom is -0.319 e. The van der Waals surface area contributed by atoms with Crippen molar-refractivity contribution in [3.05, 3.63) is 84.7 Å². The molecule has 3 rings (SSSR count). The van der Waals surface area contributed by atoms with Crippen LogP contribution in [-0.4, -0.2) is 5.91 Å². The summed E-state index contributed by atoms with van der Waals surface area (Å²) in [5.74, 6) is -0.173. The average molecular weight is 314 g/mol. The Labute approximate surface area is 140 Å². The predicted octanol–water partition coefficient (Wildman–Crippen LogP) is 3.15. The summed E-state index contributed by atoms with van der Waals surface area (Å²) in [5, 5.41) is 11.9. The SMILES string of the molecule is N#Cc1ccccc1NC(=O)C[n+]1cccc(-c2ccccc2)c1. The normalized spacial score (nSPS) is 9.96. The zero-order chi connectivity index (χ0) is 16.8. The summed E-state index contributed by atoms with van der Waals surface area (Å²) in [6, 6.07) is 23.0. The number of carbonyl (C=O) groups is 1. The Bertz CT molecular complexity index is 898. The van der Waals surface area contributed by atoms with Gasteiger partial charge >= 0.3 is 0 Å². The lowest BCUT2D eigenvalue weighted by Crippen LogP contribution is -2.39. The molecule has 1 amide bonds. The first kappa shape index (κ1) is 15.4. The smallest absolute Gasteiger partial charge is 0.290 e. The quantitative estimate of drug-likeness (QED) is 0.752. The maximum atomic E-state index is 12.3. The van der Waals surface area contributed by atoms with Crippen LogP contribution in [-0.2, 0) is 11.3 Å². The molecule has 2 aromatic carbocycles. The molecule has 1 N–H and O–H groups in total. The molecule has 0 aliphatic carbocycles. The first-order valence-corrected chi connectivity index (χ1v) is 7.60. The van der Waals surface area contributed by atoms with Crippen molar-refractivity contribution in [2.24, 2.45) is 0 Å². The number of nitrogens with zero attached hydrogens (tertiary/aromatic N) is 2. The van der Waals surface area contributed by atoms with Crippen LogP contribution in [0.1, 0.15) is 5.56 Å². The molecule has 4 nitrogen and oxygen atoms in total. The average Bonchev–Trinajstić information content (AvgIpc) is 2.63. The van der Waals surface area contributed by atoms with Crippen LogP contribution in [0.5, 0.6) is 0 Å². The fraction of sp³-hybridized carbons (Fsp3) is 0.0500. The highest BCUT2D eigenvalue weighted by Crippen LogP contribution is 2.16. The summed E-state index contributed by atoms with van der Waals surface area (Å²) < 4.78 is 1.83. The van der Waals surface area contributed by atoms with E-state index in [1.807, 2.05) is 59.4 Å². The second-order valence-corrected chi connectivity index (χ2v) is 5.34. The maximum Gasteiger partial charge on any atom is 0.290 e. The van der Waals surface area contributed by atoms with E-state index in [1.54, 1.807) is 24.3 Å². The number of amides is 1. The predicted molar refractivity (Wildman–Crippen MR) is 91.9 cm³/mol. The zero-order valence-corrected chi connectivity index (χ0v) is 13.0. The van der Waals surface area contributed by atoms with Gasteiger partial charge in [0.25, 0.3) is 5.91 Å². The van der Waals surface area contributed by atoms with Gasteiger partial charge in [0, 0.05) is 11.6 Å². The summed E-state index contributed by atoms with van der Waals surface area (Å²) in [6.45, 7) is 0.181. The lowest BCUT2D eigenvalue weighted by Gasteiger charge is -2.05. The van der Waals surface area contributed by atoms with Crippen LogP contribution in [0.25, 0.3) is 11.1 Å². The molecule has 1 heterocycles. The molecule has 0 aliphatic heterocycles. The van der Waals surface area contributed by atoms with Gasteiger partial charge in [-0.1, -0.05) is 42.5 Å². The van der Waals surface area contributed by atoms with Crippen molar-refractivity contribution < 1.29 is 9.36 Å². The molecular formula is C20H16N3O+. The number of pyridine rings is 1. The third-order valence-electron chi connectivity index (χ3n) is 3.61. The van der Waals surface area contributed by atoms with Gasteiger partial charge in [0.15, 0.2) is 12.4 Å². The molecule has 0 saturated carbocycles. The number of nitriles is 1. The van der Waals surface area contributed by atoms with Crippen molar-refractivity contribution in [2.75, 3.05) is 5.32 Å². The fourth-order valence-electron chi connectivity index (χ4n) is 2.47. The van der Waals surface area contributed by atoms with E-state index in [0.717, 1.165) is 11.1 Å². The molecule has 0 bridgehead atoms. The lowest BCUT2D eigenvalue weighted by atomic mass is 10.1. The van der Waals surface area contributed by atoms with Crippen LogP contribution in [0.4, 0.5) is 5.69 Å². The molecule has 116 valence electrons. The third kappa shape index (κ3) is 3.65. The molecule has 3 aromatic rings. The van der Waals surface area contributed by atoms with Crippen LogP contribution in [0, 0.1) is 11.3 Å². The Morgan fingerprint density at radius 1 is 0.958 bits per heavy atom. The minimum absolute atomic E-state index is 0.173. The summed E-state index contributed by atoms with van der Waals surface area (Å²) in [6.07, 6.45) is 3.79. The van der Waals surface area contributed by atoms with E-state index in [2.05, 4.69) is 11.4 Å². The Balaban J connectivity index is 1.75. The van der Waals surface area contributed by atoms with Crippen molar-refractivity contribution in [3.63, 3.8) is 0 Å². The van der Waals surface area contributed by atoms with Crippen molar-refractivity contribution in [1.82, 2.24) is 0 Å². The fourth-order valence-corrected chi connectivity index (χ4v) is 2.47. The molecule has 4 heteroatoms. The molecule has 0 radical (unpaired) electrons. The standard InChI is InChI=1S/C20H15N3O/c21-13-17-9-4-5-11-19(17)22-20(24)15-23-12-6-10-18(14-23)16-7-2-1-3-8-16/h1-12,14H,15H2/p+1. The topological polar surface area (TPSA) is 56.8 Å². The van der Waals surface area contributed by atoms with Gasteiger partial charge in [0.05, 0.1) is 11.3 Å². The van der Waals surface area contributed by atoms with E-state index in [4.69, 9.17) is 5.26 Å². The minimum atomic E-state index is -0.173. The molecule has 0 fully saturated rings. The monoisotopic (exact) mass is 314 g/mol. The Kier molecular flexibility index (Phi) is 4.64. The van der Waals surface area contributed by atoms with Crippen molar-refractivity contribution >= 4 is 11.6 Å². The number of aromatic nitrogens is 1. The van der Waals surface area contributed by atoms with E-state index in [-0.39, 0.29) is 12.5 Å². The first-order valence-electron chi connectivity index (χ1n) is 7.60. The van der Waals surface area contributed by atoms with Crippen LogP contribution in [0.2, 0.25) is 0 Å². The largest absolute Gasteiger partial charge is 0.319 e.